The molecule has 3 aromatic rings. The Morgan fingerprint density at radius 3 is 2.48 bits per heavy atom. The summed E-state index contributed by atoms with van der Waals surface area (Å²) in [5.74, 6) is 0. The van der Waals surface area contributed by atoms with Gasteiger partial charge in [-0.15, -0.1) is 0 Å². The molecule has 2 heterocycles. The van der Waals surface area contributed by atoms with E-state index in [0.29, 0.717) is 11.5 Å². The van der Waals surface area contributed by atoms with Gasteiger partial charge in [-0.3, -0.25) is 9.69 Å². The van der Waals surface area contributed by atoms with Gasteiger partial charge in [0.2, 0.25) is 4.96 Å². The predicted molar refractivity (Wildman–Crippen MR) is 102 cm³/mol. The maximum atomic E-state index is 12.0. The van der Waals surface area contributed by atoms with Crippen LogP contribution in [-0.2, 0) is 18.5 Å². The Morgan fingerprint density at radius 2 is 1.84 bits per heavy atom. The van der Waals surface area contributed by atoms with Crippen molar-refractivity contribution in [1.29, 1.82) is 0 Å². The molecule has 3 rings (SSSR count). The van der Waals surface area contributed by atoms with Crippen molar-refractivity contribution in [3.8, 4) is 0 Å². The van der Waals surface area contributed by atoms with E-state index in [1.807, 2.05) is 6.92 Å². The SMILES string of the molecule is Cc1cc(=O)n2nc(CN(C)Cc3ccc(C(C)(C)C)cc3)sc2n1. The van der Waals surface area contributed by atoms with Gasteiger partial charge in [-0.2, -0.15) is 9.61 Å². The topological polar surface area (TPSA) is 50.5 Å². The number of hydrogen-bond donors (Lipinski definition) is 0. The van der Waals surface area contributed by atoms with Gasteiger partial charge in [0, 0.05) is 18.3 Å². The summed E-state index contributed by atoms with van der Waals surface area (Å²) in [6.07, 6.45) is 0. The number of aromatic nitrogens is 3. The Balaban J connectivity index is 1.71. The van der Waals surface area contributed by atoms with Crippen molar-refractivity contribution in [2.24, 2.45) is 0 Å². The van der Waals surface area contributed by atoms with Gasteiger partial charge in [-0.25, -0.2) is 4.98 Å². The van der Waals surface area contributed by atoms with Crippen LogP contribution in [-0.4, -0.2) is 26.5 Å². The molecule has 1 aromatic carbocycles. The zero-order valence-corrected chi connectivity index (χ0v) is 16.2. The van der Waals surface area contributed by atoms with Gasteiger partial charge in [-0.1, -0.05) is 56.4 Å². The number of fused-ring (bicyclic) bond motifs is 1. The molecule has 0 bridgehead atoms. The highest BCUT2D eigenvalue weighted by molar-refractivity contribution is 7.16. The maximum absolute atomic E-state index is 12.0. The summed E-state index contributed by atoms with van der Waals surface area (Å²) in [5.41, 5.74) is 3.38. The van der Waals surface area contributed by atoms with Crippen LogP contribution in [0.25, 0.3) is 4.96 Å². The lowest BCUT2D eigenvalue weighted by Gasteiger charge is -2.20. The first-order valence-electron chi connectivity index (χ1n) is 8.37. The summed E-state index contributed by atoms with van der Waals surface area (Å²) in [6.45, 7) is 10.0. The molecule has 25 heavy (non-hydrogen) atoms. The van der Waals surface area contributed by atoms with Crippen molar-refractivity contribution in [2.75, 3.05) is 7.05 Å². The largest absolute Gasteiger partial charge is 0.295 e. The van der Waals surface area contributed by atoms with Crippen molar-refractivity contribution in [3.05, 3.63) is 62.5 Å². The van der Waals surface area contributed by atoms with Crippen LogP contribution in [0.4, 0.5) is 0 Å². The van der Waals surface area contributed by atoms with Crippen LogP contribution < -0.4 is 5.56 Å². The molecule has 0 aliphatic carbocycles. The summed E-state index contributed by atoms with van der Waals surface area (Å²) in [5, 5.41) is 5.29. The minimum Gasteiger partial charge on any atom is -0.295 e. The standard InChI is InChI=1S/C19H24N4OS/c1-13-10-17(24)23-18(20-13)25-16(21-23)12-22(5)11-14-6-8-15(9-7-14)19(2,3)4/h6-10H,11-12H2,1-5H3. The molecule has 0 fully saturated rings. The van der Waals surface area contributed by atoms with Crippen LogP contribution in [0.1, 0.15) is 42.6 Å². The lowest BCUT2D eigenvalue weighted by molar-refractivity contribution is 0.317. The second-order valence-electron chi connectivity index (χ2n) is 7.55. The first kappa shape index (κ1) is 17.8. The van der Waals surface area contributed by atoms with Gasteiger partial charge >= 0.3 is 0 Å². The molecular formula is C19H24N4OS. The van der Waals surface area contributed by atoms with Crippen LogP contribution in [0.5, 0.6) is 0 Å². The van der Waals surface area contributed by atoms with Crippen molar-refractivity contribution in [1.82, 2.24) is 19.5 Å². The molecule has 0 spiro atoms. The minimum atomic E-state index is -0.120. The molecule has 0 atom stereocenters. The molecule has 0 aliphatic rings. The normalized spacial score (nSPS) is 12.2. The molecule has 0 N–H and O–H groups in total. The van der Waals surface area contributed by atoms with Crippen LogP contribution in [0.3, 0.4) is 0 Å². The Kier molecular flexibility index (Phi) is 4.75. The molecule has 2 aromatic heterocycles. The van der Waals surface area contributed by atoms with E-state index in [1.54, 1.807) is 0 Å². The van der Waals surface area contributed by atoms with E-state index >= 15 is 0 Å². The fraction of sp³-hybridized carbons (Fsp3) is 0.421. The Bertz CT molecular complexity index is 935. The number of nitrogens with zero attached hydrogens (tertiary/aromatic N) is 4. The summed E-state index contributed by atoms with van der Waals surface area (Å²) in [4.78, 5) is 19.2. The number of benzene rings is 1. The van der Waals surface area contributed by atoms with Crippen molar-refractivity contribution in [3.63, 3.8) is 0 Å². The highest BCUT2D eigenvalue weighted by Crippen LogP contribution is 2.22. The summed E-state index contributed by atoms with van der Waals surface area (Å²) in [7, 11) is 2.06. The zero-order chi connectivity index (χ0) is 18.2. The van der Waals surface area contributed by atoms with E-state index in [9.17, 15) is 4.79 Å². The van der Waals surface area contributed by atoms with Crippen LogP contribution in [0, 0.1) is 6.92 Å². The van der Waals surface area contributed by atoms with Crippen molar-refractivity contribution < 1.29 is 0 Å². The van der Waals surface area contributed by atoms with E-state index < -0.39 is 0 Å². The lowest BCUT2D eigenvalue weighted by Crippen LogP contribution is -2.19. The van der Waals surface area contributed by atoms with E-state index in [2.05, 4.69) is 67.1 Å². The second-order valence-corrected chi connectivity index (χ2v) is 8.59. The molecule has 0 saturated carbocycles. The van der Waals surface area contributed by atoms with Gasteiger partial charge in [0.05, 0.1) is 6.54 Å². The lowest BCUT2D eigenvalue weighted by atomic mass is 9.87. The van der Waals surface area contributed by atoms with Gasteiger partial charge < -0.3 is 0 Å². The molecule has 0 radical (unpaired) electrons. The molecule has 0 saturated heterocycles. The van der Waals surface area contributed by atoms with Gasteiger partial charge in [0.15, 0.2) is 0 Å². The number of hydrogen-bond acceptors (Lipinski definition) is 5. The monoisotopic (exact) mass is 356 g/mol. The molecule has 5 nitrogen and oxygen atoms in total. The highest BCUT2D eigenvalue weighted by atomic mass is 32.1. The summed E-state index contributed by atoms with van der Waals surface area (Å²) < 4.78 is 1.39. The molecular weight excluding hydrogens is 332 g/mol. The fourth-order valence-corrected chi connectivity index (χ4v) is 3.76. The summed E-state index contributed by atoms with van der Waals surface area (Å²) in [6, 6.07) is 10.3. The first-order valence-corrected chi connectivity index (χ1v) is 9.18. The van der Waals surface area contributed by atoms with Gasteiger partial charge in [0.1, 0.15) is 5.01 Å². The minimum absolute atomic E-state index is 0.120. The molecule has 0 amide bonds. The van der Waals surface area contributed by atoms with Crippen molar-refractivity contribution in [2.45, 2.75) is 46.2 Å². The first-order chi connectivity index (χ1) is 11.7. The number of rotatable bonds is 4. The number of aryl methyl sites for hydroxylation is 1. The van der Waals surface area contributed by atoms with Crippen LogP contribution in [0.2, 0.25) is 0 Å². The molecule has 132 valence electrons. The van der Waals surface area contributed by atoms with Crippen LogP contribution >= 0.6 is 11.3 Å². The highest BCUT2D eigenvalue weighted by Gasteiger charge is 2.14. The van der Waals surface area contributed by atoms with Crippen molar-refractivity contribution >= 4 is 16.3 Å². The van der Waals surface area contributed by atoms with Gasteiger partial charge in [-0.05, 0) is 30.5 Å². The Hall–Kier alpha value is -2.05. The van der Waals surface area contributed by atoms with Crippen LogP contribution in [0.15, 0.2) is 35.1 Å². The Labute approximate surface area is 152 Å². The zero-order valence-electron chi connectivity index (χ0n) is 15.4. The van der Waals surface area contributed by atoms with E-state index in [1.165, 1.54) is 33.0 Å². The van der Waals surface area contributed by atoms with E-state index in [-0.39, 0.29) is 11.0 Å². The van der Waals surface area contributed by atoms with Gasteiger partial charge in [0.25, 0.3) is 5.56 Å². The second kappa shape index (κ2) is 6.69. The third kappa shape index (κ3) is 4.14. The van der Waals surface area contributed by atoms with E-state index in [4.69, 9.17) is 0 Å². The quantitative estimate of drug-likeness (QED) is 0.719. The average Bonchev–Trinajstić information content (AvgIpc) is 2.89. The summed E-state index contributed by atoms with van der Waals surface area (Å²) >= 11 is 1.47. The third-order valence-corrected chi connectivity index (χ3v) is 4.99. The maximum Gasteiger partial charge on any atom is 0.275 e. The fourth-order valence-electron chi connectivity index (χ4n) is 2.73. The molecule has 0 unspecified atom stereocenters. The van der Waals surface area contributed by atoms with E-state index in [0.717, 1.165) is 17.2 Å². The molecule has 0 aliphatic heterocycles. The average molecular weight is 356 g/mol. The third-order valence-electron chi connectivity index (χ3n) is 4.09. The molecule has 6 heteroatoms. The Morgan fingerprint density at radius 1 is 1.16 bits per heavy atom. The predicted octanol–water partition coefficient (Wildman–Crippen LogP) is 3.39. The smallest absolute Gasteiger partial charge is 0.275 e.